The molecule has 0 unspecified atom stereocenters. The zero-order valence-electron chi connectivity index (χ0n) is 12.4. The standard InChI is InChI=1S/C16H25N3/c1-12-9-15(19-8-4-7-16(19,2)3)13(10-17-12)11-18-14-5-6-14/h9-10,14,18H,4-8,11H2,1-3H3. The van der Waals surface area contributed by atoms with Gasteiger partial charge in [0.25, 0.3) is 0 Å². The van der Waals surface area contributed by atoms with Gasteiger partial charge >= 0.3 is 0 Å². The van der Waals surface area contributed by atoms with Crippen molar-refractivity contribution in [3.63, 3.8) is 0 Å². The molecule has 2 fully saturated rings. The third kappa shape index (κ3) is 2.76. The van der Waals surface area contributed by atoms with Crippen LogP contribution in [0.5, 0.6) is 0 Å². The van der Waals surface area contributed by atoms with E-state index in [-0.39, 0.29) is 5.54 Å². The maximum atomic E-state index is 4.49. The van der Waals surface area contributed by atoms with Crippen molar-refractivity contribution in [3.8, 4) is 0 Å². The molecule has 3 nitrogen and oxygen atoms in total. The summed E-state index contributed by atoms with van der Waals surface area (Å²) >= 11 is 0. The lowest BCUT2D eigenvalue weighted by Gasteiger charge is -2.35. The summed E-state index contributed by atoms with van der Waals surface area (Å²) in [4.78, 5) is 7.07. The van der Waals surface area contributed by atoms with Crippen molar-refractivity contribution in [1.82, 2.24) is 10.3 Å². The molecule has 1 aliphatic carbocycles. The first kappa shape index (κ1) is 12.9. The maximum absolute atomic E-state index is 4.49. The molecule has 0 radical (unpaired) electrons. The Morgan fingerprint density at radius 1 is 1.42 bits per heavy atom. The van der Waals surface area contributed by atoms with Crippen LogP contribution in [-0.4, -0.2) is 23.1 Å². The molecule has 19 heavy (non-hydrogen) atoms. The van der Waals surface area contributed by atoms with Gasteiger partial charge in [0.05, 0.1) is 0 Å². The summed E-state index contributed by atoms with van der Waals surface area (Å²) in [5.41, 5.74) is 4.14. The molecular weight excluding hydrogens is 234 g/mol. The third-order valence-electron chi connectivity index (χ3n) is 4.45. The lowest BCUT2D eigenvalue weighted by molar-refractivity contribution is 0.515. The average molecular weight is 259 g/mol. The van der Waals surface area contributed by atoms with Crippen LogP contribution in [0.15, 0.2) is 12.3 Å². The number of rotatable bonds is 4. The quantitative estimate of drug-likeness (QED) is 0.901. The lowest BCUT2D eigenvalue weighted by Crippen LogP contribution is -2.39. The van der Waals surface area contributed by atoms with E-state index in [0.29, 0.717) is 0 Å². The second-order valence-electron chi connectivity index (χ2n) is 6.68. The van der Waals surface area contributed by atoms with Crippen LogP contribution >= 0.6 is 0 Å². The van der Waals surface area contributed by atoms with E-state index in [0.717, 1.165) is 18.3 Å². The molecular formula is C16H25N3. The van der Waals surface area contributed by atoms with Gasteiger partial charge in [-0.15, -0.1) is 0 Å². The van der Waals surface area contributed by atoms with E-state index >= 15 is 0 Å². The minimum Gasteiger partial charge on any atom is -0.366 e. The van der Waals surface area contributed by atoms with Gasteiger partial charge < -0.3 is 10.2 Å². The lowest BCUT2D eigenvalue weighted by atomic mass is 10.0. The minimum absolute atomic E-state index is 0.280. The Morgan fingerprint density at radius 2 is 2.21 bits per heavy atom. The summed E-state index contributed by atoms with van der Waals surface area (Å²) < 4.78 is 0. The largest absolute Gasteiger partial charge is 0.366 e. The number of anilines is 1. The van der Waals surface area contributed by atoms with Crippen LogP contribution in [0.3, 0.4) is 0 Å². The predicted molar refractivity (Wildman–Crippen MR) is 79.5 cm³/mol. The van der Waals surface area contributed by atoms with Crippen molar-refractivity contribution >= 4 is 5.69 Å². The molecule has 1 aromatic heterocycles. The van der Waals surface area contributed by atoms with Crippen molar-refractivity contribution in [2.75, 3.05) is 11.4 Å². The number of aryl methyl sites for hydroxylation is 1. The Labute approximate surface area is 116 Å². The molecule has 1 aliphatic heterocycles. The van der Waals surface area contributed by atoms with Gasteiger partial charge in [-0.25, -0.2) is 0 Å². The molecule has 0 spiro atoms. The van der Waals surface area contributed by atoms with E-state index in [1.54, 1.807) is 0 Å². The molecule has 2 aliphatic rings. The van der Waals surface area contributed by atoms with Crippen LogP contribution < -0.4 is 10.2 Å². The van der Waals surface area contributed by atoms with E-state index < -0.39 is 0 Å². The summed E-state index contributed by atoms with van der Waals surface area (Å²) in [5, 5.41) is 3.62. The summed E-state index contributed by atoms with van der Waals surface area (Å²) in [7, 11) is 0. The van der Waals surface area contributed by atoms with Crippen LogP contribution in [0.2, 0.25) is 0 Å². The number of hydrogen-bond donors (Lipinski definition) is 1. The molecule has 3 heteroatoms. The zero-order chi connectivity index (χ0) is 13.5. The minimum atomic E-state index is 0.280. The van der Waals surface area contributed by atoms with Crippen molar-refractivity contribution < 1.29 is 0 Å². The smallest absolute Gasteiger partial charge is 0.0449 e. The van der Waals surface area contributed by atoms with Crippen LogP contribution in [0.4, 0.5) is 5.69 Å². The Bertz CT molecular complexity index is 463. The van der Waals surface area contributed by atoms with Gasteiger partial charge in [-0.05, 0) is 52.5 Å². The Balaban J connectivity index is 1.86. The highest BCUT2D eigenvalue weighted by molar-refractivity contribution is 5.56. The number of hydrogen-bond acceptors (Lipinski definition) is 3. The van der Waals surface area contributed by atoms with Crippen molar-refractivity contribution in [2.24, 2.45) is 0 Å². The first-order valence-corrected chi connectivity index (χ1v) is 7.53. The Morgan fingerprint density at radius 3 is 2.84 bits per heavy atom. The van der Waals surface area contributed by atoms with Crippen LogP contribution in [-0.2, 0) is 6.54 Å². The highest BCUT2D eigenvalue weighted by Crippen LogP contribution is 2.35. The van der Waals surface area contributed by atoms with Gasteiger partial charge in [0, 0.05) is 47.8 Å². The van der Waals surface area contributed by atoms with Gasteiger partial charge in [0.15, 0.2) is 0 Å². The fraction of sp³-hybridized carbons (Fsp3) is 0.688. The molecule has 104 valence electrons. The summed E-state index contributed by atoms with van der Waals surface area (Å²) in [6.07, 6.45) is 7.32. The summed E-state index contributed by atoms with van der Waals surface area (Å²) in [6, 6.07) is 3.01. The number of aromatic nitrogens is 1. The number of nitrogens with zero attached hydrogens (tertiary/aromatic N) is 2. The highest BCUT2D eigenvalue weighted by atomic mass is 15.2. The first-order valence-electron chi connectivity index (χ1n) is 7.53. The topological polar surface area (TPSA) is 28.2 Å². The second-order valence-corrected chi connectivity index (χ2v) is 6.68. The van der Waals surface area contributed by atoms with Gasteiger partial charge in [-0.2, -0.15) is 0 Å². The van der Waals surface area contributed by atoms with Crippen LogP contribution in [0, 0.1) is 6.92 Å². The van der Waals surface area contributed by atoms with Crippen molar-refractivity contribution in [1.29, 1.82) is 0 Å². The van der Waals surface area contributed by atoms with E-state index in [4.69, 9.17) is 0 Å². The molecule has 1 saturated heterocycles. The normalized spacial score (nSPS) is 21.9. The van der Waals surface area contributed by atoms with E-state index in [2.05, 4.69) is 48.2 Å². The Hall–Kier alpha value is -1.09. The van der Waals surface area contributed by atoms with Crippen molar-refractivity contribution in [3.05, 3.63) is 23.5 Å². The molecule has 1 aromatic rings. The first-order chi connectivity index (χ1) is 9.06. The predicted octanol–water partition coefficient (Wildman–Crippen LogP) is 3.02. The maximum Gasteiger partial charge on any atom is 0.0449 e. The molecule has 1 N–H and O–H groups in total. The van der Waals surface area contributed by atoms with E-state index in [1.165, 1.54) is 43.5 Å². The van der Waals surface area contributed by atoms with Gasteiger partial charge in [-0.3, -0.25) is 4.98 Å². The fourth-order valence-corrected chi connectivity index (χ4v) is 3.06. The van der Waals surface area contributed by atoms with Gasteiger partial charge in [0.1, 0.15) is 0 Å². The SMILES string of the molecule is Cc1cc(N2CCCC2(C)C)c(CNC2CC2)cn1. The number of pyridine rings is 1. The Kier molecular flexibility index (Phi) is 3.25. The monoisotopic (exact) mass is 259 g/mol. The number of nitrogens with one attached hydrogen (secondary N) is 1. The third-order valence-corrected chi connectivity index (χ3v) is 4.45. The van der Waals surface area contributed by atoms with Gasteiger partial charge in [-0.1, -0.05) is 0 Å². The molecule has 0 amide bonds. The summed E-state index contributed by atoms with van der Waals surface area (Å²) in [5.74, 6) is 0. The molecule has 0 atom stereocenters. The molecule has 0 aromatic carbocycles. The van der Waals surface area contributed by atoms with E-state index in [1.807, 2.05) is 0 Å². The van der Waals surface area contributed by atoms with Crippen LogP contribution in [0.1, 0.15) is 50.8 Å². The highest BCUT2D eigenvalue weighted by Gasteiger charge is 2.33. The average Bonchev–Trinajstić information content (AvgIpc) is 3.11. The molecule has 2 heterocycles. The molecule has 3 rings (SSSR count). The second kappa shape index (κ2) is 4.78. The molecule has 0 bridgehead atoms. The zero-order valence-corrected chi connectivity index (χ0v) is 12.4. The summed E-state index contributed by atoms with van der Waals surface area (Å²) in [6.45, 7) is 8.93. The molecule has 1 saturated carbocycles. The van der Waals surface area contributed by atoms with Crippen LogP contribution in [0.25, 0.3) is 0 Å². The van der Waals surface area contributed by atoms with Crippen molar-refractivity contribution in [2.45, 2.75) is 64.6 Å². The fourth-order valence-electron chi connectivity index (χ4n) is 3.06. The van der Waals surface area contributed by atoms with Gasteiger partial charge in [0.2, 0.25) is 0 Å². The van der Waals surface area contributed by atoms with E-state index in [9.17, 15) is 0 Å².